The lowest BCUT2D eigenvalue weighted by molar-refractivity contribution is -0.145. The molecule has 2 fully saturated rings. The van der Waals surface area contributed by atoms with Crippen molar-refractivity contribution >= 4 is 34.7 Å². The van der Waals surface area contributed by atoms with Crippen LogP contribution in [0.5, 0.6) is 5.88 Å². The molecule has 3 aromatic rings. The summed E-state index contributed by atoms with van der Waals surface area (Å²) in [6, 6.07) is 1.61. The third kappa shape index (κ3) is 6.97. The van der Waals surface area contributed by atoms with Crippen LogP contribution in [0.25, 0.3) is 11.0 Å². The van der Waals surface area contributed by atoms with Crippen molar-refractivity contribution in [2.75, 3.05) is 6.54 Å². The summed E-state index contributed by atoms with van der Waals surface area (Å²) in [5, 5.41) is 18.8. The van der Waals surface area contributed by atoms with Crippen molar-refractivity contribution in [3.8, 4) is 5.88 Å². The molecule has 6 rings (SSSR count). The van der Waals surface area contributed by atoms with Crippen molar-refractivity contribution < 1.29 is 51.1 Å². The van der Waals surface area contributed by atoms with Crippen LogP contribution in [0.15, 0.2) is 46.2 Å². The molecule has 0 spiro atoms. The van der Waals surface area contributed by atoms with Gasteiger partial charge in [0, 0.05) is 30.5 Å². The summed E-state index contributed by atoms with van der Waals surface area (Å²) < 4.78 is 66.9. The topological polar surface area (TPSA) is 177 Å². The first kappa shape index (κ1) is 33.6. The first-order valence-electron chi connectivity index (χ1n) is 15.5. The highest BCUT2D eigenvalue weighted by atomic mass is 19.4. The Labute approximate surface area is 275 Å². The fourth-order valence-electron chi connectivity index (χ4n) is 6.01. The Bertz CT molecular complexity index is 1910. The first-order chi connectivity index (χ1) is 23.2. The minimum absolute atomic E-state index is 0.0286. The standard InChI is InChI=1S/C32H30F4N6O7/c1-16-11-23(41-49-16)26(43)38-21-8-6-4-2-3-5-7-17-14-31(17,30(46)47)40-27(44)24-13-19(15-42(24)29(21)45)48-28-25(32(34,35)36)37-20-10-9-18(33)12-22(20)39-28/h5,9-12,19,21,24H,2-4,6,8,13-15H2,1H3,(H,38,43)(H,40,44)(H,46,47)/t7?,19-,21+,24+,31-/m1/s1. The Balaban J connectivity index is 1.35. The van der Waals surface area contributed by atoms with E-state index in [0.29, 0.717) is 37.0 Å². The van der Waals surface area contributed by atoms with Gasteiger partial charge in [-0.2, -0.15) is 13.2 Å². The van der Waals surface area contributed by atoms with Gasteiger partial charge >= 0.3 is 12.1 Å². The minimum atomic E-state index is -5.04. The number of hydrogen-bond acceptors (Lipinski definition) is 9. The van der Waals surface area contributed by atoms with E-state index in [1.165, 1.54) is 6.07 Å². The van der Waals surface area contributed by atoms with Gasteiger partial charge in [0.25, 0.3) is 5.91 Å². The largest absolute Gasteiger partial charge is 0.479 e. The van der Waals surface area contributed by atoms with Gasteiger partial charge in [0.05, 0.1) is 17.6 Å². The van der Waals surface area contributed by atoms with Gasteiger partial charge in [-0.05, 0) is 44.4 Å². The van der Waals surface area contributed by atoms with Crippen LogP contribution in [-0.2, 0) is 20.6 Å². The number of aryl methyl sites for hydroxylation is 1. The maximum Gasteiger partial charge on any atom is 0.438 e. The highest BCUT2D eigenvalue weighted by Gasteiger charge is 2.59. The summed E-state index contributed by atoms with van der Waals surface area (Å²) in [6.45, 7) is 1.14. The van der Waals surface area contributed by atoms with Gasteiger partial charge in [0.2, 0.25) is 23.4 Å². The molecule has 1 saturated heterocycles. The van der Waals surface area contributed by atoms with Crippen molar-refractivity contribution in [2.45, 2.75) is 81.8 Å². The number of benzene rings is 1. The predicted octanol–water partition coefficient (Wildman–Crippen LogP) is 3.62. The van der Waals surface area contributed by atoms with Gasteiger partial charge in [-0.3, -0.25) is 14.4 Å². The number of alkyl halides is 3. The van der Waals surface area contributed by atoms with E-state index in [-0.39, 0.29) is 36.0 Å². The summed E-state index contributed by atoms with van der Waals surface area (Å²) >= 11 is 0. The molecule has 1 aromatic carbocycles. The number of carboxylic acid groups (broad SMARTS) is 1. The molecule has 4 heterocycles. The Morgan fingerprint density at radius 2 is 1.96 bits per heavy atom. The van der Waals surface area contributed by atoms with Crippen molar-refractivity contribution in [3.63, 3.8) is 0 Å². The Hall–Kier alpha value is -5.31. The molecule has 2 aliphatic heterocycles. The van der Waals surface area contributed by atoms with Crippen molar-refractivity contribution in [1.29, 1.82) is 0 Å². The number of carboxylic acids is 1. The molecule has 3 aliphatic rings. The molecule has 1 saturated carbocycles. The number of halogens is 4. The lowest BCUT2D eigenvalue weighted by atomic mass is 10.0. The number of aromatic nitrogens is 3. The maximum absolute atomic E-state index is 14.2. The number of carbonyl (C=O) groups excluding carboxylic acids is 3. The molecular weight excluding hydrogens is 656 g/mol. The number of nitrogens with zero attached hydrogens (tertiary/aromatic N) is 4. The van der Waals surface area contributed by atoms with Crippen LogP contribution in [0.1, 0.15) is 66.9 Å². The van der Waals surface area contributed by atoms with Crippen LogP contribution in [0, 0.1) is 12.7 Å². The van der Waals surface area contributed by atoms with E-state index in [0.717, 1.165) is 23.1 Å². The lowest BCUT2D eigenvalue weighted by Gasteiger charge is -2.29. The van der Waals surface area contributed by atoms with E-state index in [2.05, 4.69) is 31.5 Å². The van der Waals surface area contributed by atoms with Gasteiger partial charge in [-0.25, -0.2) is 19.2 Å². The maximum atomic E-state index is 14.2. The number of aliphatic carboxylic acids is 1. The number of amides is 3. The quantitative estimate of drug-likeness (QED) is 0.265. The van der Waals surface area contributed by atoms with E-state index in [1.54, 1.807) is 13.0 Å². The van der Waals surface area contributed by atoms with Crippen molar-refractivity contribution in [1.82, 2.24) is 30.7 Å². The number of fused-ring (bicyclic) bond motifs is 3. The van der Waals surface area contributed by atoms with Gasteiger partial charge in [-0.15, -0.1) is 5.73 Å². The molecule has 17 heteroatoms. The second-order valence-electron chi connectivity index (χ2n) is 12.2. The highest BCUT2D eigenvalue weighted by molar-refractivity contribution is 6.00. The Morgan fingerprint density at radius 3 is 2.67 bits per heavy atom. The highest BCUT2D eigenvalue weighted by Crippen LogP contribution is 2.43. The SMILES string of the molecule is Cc1cc(C(=O)N[C@H]2CCCCCC=C=C3C[C@@]3(C(=O)O)NC(=O)[C@@H]3C[C@@H](Oc4nc5cc(F)ccc5nc4C(F)(F)F)CN3C2=O)no1. The van der Waals surface area contributed by atoms with Gasteiger partial charge in [0.15, 0.2) is 11.2 Å². The average molecular weight is 687 g/mol. The normalized spacial score (nSPS) is 24.6. The van der Waals surface area contributed by atoms with Gasteiger partial charge in [-0.1, -0.05) is 18.0 Å². The van der Waals surface area contributed by atoms with Crippen LogP contribution in [-0.4, -0.2) is 79.1 Å². The van der Waals surface area contributed by atoms with Crippen LogP contribution < -0.4 is 15.4 Å². The summed E-state index contributed by atoms with van der Waals surface area (Å²) in [5.41, 5.74) is -0.547. The Morgan fingerprint density at radius 1 is 1.16 bits per heavy atom. The second kappa shape index (κ2) is 13.0. The van der Waals surface area contributed by atoms with Crippen LogP contribution in [0.2, 0.25) is 0 Å². The average Bonchev–Trinajstić information content (AvgIpc) is 3.32. The number of nitrogens with one attached hydrogen (secondary N) is 2. The summed E-state index contributed by atoms with van der Waals surface area (Å²) in [4.78, 5) is 61.8. The van der Waals surface area contributed by atoms with Crippen LogP contribution >= 0.6 is 0 Å². The zero-order valence-corrected chi connectivity index (χ0v) is 26.0. The van der Waals surface area contributed by atoms with E-state index in [1.807, 2.05) is 0 Å². The molecule has 49 heavy (non-hydrogen) atoms. The third-order valence-corrected chi connectivity index (χ3v) is 8.60. The minimum Gasteiger partial charge on any atom is -0.479 e. The van der Waals surface area contributed by atoms with Crippen molar-refractivity contribution in [2.24, 2.45) is 0 Å². The number of rotatable bonds is 5. The van der Waals surface area contributed by atoms with Crippen LogP contribution in [0.4, 0.5) is 17.6 Å². The van der Waals surface area contributed by atoms with E-state index < -0.39 is 77.5 Å². The van der Waals surface area contributed by atoms with Crippen molar-refractivity contribution in [3.05, 3.63) is 64.6 Å². The molecule has 3 N–H and O–H groups in total. The van der Waals surface area contributed by atoms with E-state index >= 15 is 0 Å². The second-order valence-corrected chi connectivity index (χ2v) is 12.2. The zero-order chi connectivity index (χ0) is 35.1. The molecule has 0 bridgehead atoms. The zero-order valence-electron chi connectivity index (χ0n) is 26.0. The fourth-order valence-corrected chi connectivity index (χ4v) is 6.01. The number of ether oxygens (including phenoxy) is 1. The molecule has 2 aromatic heterocycles. The van der Waals surface area contributed by atoms with Crippen LogP contribution in [0.3, 0.4) is 0 Å². The molecule has 258 valence electrons. The monoisotopic (exact) mass is 686 g/mol. The summed E-state index contributed by atoms with van der Waals surface area (Å²) in [5.74, 6) is -5.12. The molecular formula is C32H30F4N6O7. The molecule has 13 nitrogen and oxygen atoms in total. The number of hydrogen-bond donors (Lipinski definition) is 3. The fraction of sp³-hybridized carbons (Fsp3) is 0.438. The number of carbonyl (C=O) groups is 4. The molecule has 0 radical (unpaired) electrons. The van der Waals surface area contributed by atoms with E-state index in [9.17, 15) is 41.8 Å². The molecule has 0 unspecified atom stereocenters. The third-order valence-electron chi connectivity index (χ3n) is 8.60. The van der Waals surface area contributed by atoms with Gasteiger partial charge in [0.1, 0.15) is 29.8 Å². The molecule has 3 amide bonds. The summed E-state index contributed by atoms with van der Waals surface area (Å²) in [7, 11) is 0. The first-order valence-corrected chi connectivity index (χ1v) is 15.5. The lowest BCUT2D eigenvalue weighted by Crippen LogP contribution is -2.56. The van der Waals surface area contributed by atoms with Gasteiger partial charge < -0.3 is 29.9 Å². The summed E-state index contributed by atoms with van der Waals surface area (Å²) in [6.07, 6.45) is -2.54. The Kier molecular flexibility index (Phi) is 8.88. The smallest absolute Gasteiger partial charge is 0.438 e. The molecule has 4 atom stereocenters. The van der Waals surface area contributed by atoms with E-state index in [4.69, 9.17) is 9.26 Å². The molecule has 1 aliphatic carbocycles. The predicted molar refractivity (Wildman–Crippen MR) is 159 cm³/mol.